The molecule has 19 heavy (non-hydrogen) atoms. The largest absolute Gasteiger partial charge is 0.329 e. The molecule has 3 rings (SSSR count). The quantitative estimate of drug-likeness (QED) is 0.905. The molecule has 0 aliphatic carbocycles. The molecule has 0 spiro atoms. The molecule has 2 aromatic rings. The van der Waals surface area contributed by atoms with Crippen LogP contribution in [0.4, 0.5) is 0 Å². The highest BCUT2D eigenvalue weighted by atomic mass is 15.2. The third-order valence-electron chi connectivity index (χ3n) is 3.89. The summed E-state index contributed by atoms with van der Waals surface area (Å²) in [6.07, 6.45) is 5.12. The molecule has 1 atom stereocenters. The van der Waals surface area contributed by atoms with Crippen molar-refractivity contribution < 1.29 is 0 Å². The van der Waals surface area contributed by atoms with Crippen LogP contribution in [0.3, 0.4) is 0 Å². The van der Waals surface area contributed by atoms with Gasteiger partial charge in [0.1, 0.15) is 0 Å². The van der Waals surface area contributed by atoms with Crippen LogP contribution in [0.1, 0.15) is 22.7 Å². The van der Waals surface area contributed by atoms with Crippen LogP contribution in [0.15, 0.2) is 36.7 Å². The van der Waals surface area contributed by atoms with Crippen LogP contribution in [-0.2, 0) is 20.0 Å². The third-order valence-corrected chi connectivity index (χ3v) is 3.89. The second-order valence-corrected chi connectivity index (χ2v) is 5.19. The van der Waals surface area contributed by atoms with Crippen molar-refractivity contribution in [1.29, 1.82) is 0 Å². The molecule has 1 aromatic heterocycles. The predicted molar refractivity (Wildman–Crippen MR) is 75.6 cm³/mol. The first kappa shape index (κ1) is 12.4. The molecule has 1 aliphatic rings. The van der Waals surface area contributed by atoms with Crippen LogP contribution in [0.2, 0.25) is 0 Å². The first-order valence-electron chi connectivity index (χ1n) is 6.77. The van der Waals surface area contributed by atoms with Gasteiger partial charge in [0.15, 0.2) is 0 Å². The van der Waals surface area contributed by atoms with Gasteiger partial charge in [0.2, 0.25) is 0 Å². The van der Waals surface area contributed by atoms with E-state index in [-0.39, 0.29) is 0 Å². The van der Waals surface area contributed by atoms with Crippen LogP contribution >= 0.6 is 0 Å². The normalized spacial score (nSPS) is 19.4. The van der Waals surface area contributed by atoms with Crippen molar-refractivity contribution in [3.05, 3.63) is 53.3 Å². The number of rotatable bonds is 3. The molecular weight excluding hydrogens is 236 g/mol. The standard InChI is InChI=1S/C15H20N4/c1-18-10-12(9-17-18)11-19-7-6-13-4-2-3-5-14(13)15(19)8-16/h2-5,9-10,15H,6-8,11,16H2,1H3. The molecule has 2 heterocycles. The maximum absolute atomic E-state index is 6.00. The number of nitrogens with zero attached hydrogens (tertiary/aromatic N) is 3. The van der Waals surface area contributed by atoms with Gasteiger partial charge in [-0.2, -0.15) is 5.10 Å². The number of fused-ring (bicyclic) bond motifs is 1. The predicted octanol–water partition coefficient (Wildman–Crippen LogP) is 1.48. The lowest BCUT2D eigenvalue weighted by Crippen LogP contribution is -2.38. The number of aromatic nitrogens is 2. The zero-order valence-electron chi connectivity index (χ0n) is 11.3. The van der Waals surface area contributed by atoms with Gasteiger partial charge >= 0.3 is 0 Å². The minimum atomic E-state index is 0.324. The van der Waals surface area contributed by atoms with E-state index in [2.05, 4.69) is 40.5 Å². The Hall–Kier alpha value is -1.65. The van der Waals surface area contributed by atoms with Crippen LogP contribution < -0.4 is 5.73 Å². The molecule has 2 N–H and O–H groups in total. The monoisotopic (exact) mass is 256 g/mol. The number of hydrogen-bond acceptors (Lipinski definition) is 3. The van der Waals surface area contributed by atoms with Crippen molar-refractivity contribution in [2.45, 2.75) is 19.0 Å². The second-order valence-electron chi connectivity index (χ2n) is 5.19. The van der Waals surface area contributed by atoms with Gasteiger partial charge in [-0.25, -0.2) is 0 Å². The Morgan fingerprint density at radius 1 is 1.37 bits per heavy atom. The fourth-order valence-electron chi connectivity index (χ4n) is 2.96. The van der Waals surface area contributed by atoms with Crippen LogP contribution in [0.25, 0.3) is 0 Å². The Morgan fingerprint density at radius 3 is 2.95 bits per heavy atom. The van der Waals surface area contributed by atoms with Gasteiger partial charge in [0.05, 0.1) is 6.20 Å². The minimum absolute atomic E-state index is 0.324. The maximum atomic E-state index is 6.00. The number of nitrogens with two attached hydrogens (primary N) is 1. The highest BCUT2D eigenvalue weighted by molar-refractivity contribution is 5.33. The summed E-state index contributed by atoms with van der Waals surface area (Å²) in [4.78, 5) is 2.46. The molecule has 1 aromatic carbocycles. The van der Waals surface area contributed by atoms with E-state index >= 15 is 0 Å². The average Bonchev–Trinajstić information content (AvgIpc) is 2.84. The zero-order chi connectivity index (χ0) is 13.2. The summed E-state index contributed by atoms with van der Waals surface area (Å²) in [5, 5.41) is 4.24. The Balaban J connectivity index is 1.84. The fraction of sp³-hybridized carbons (Fsp3) is 0.400. The highest BCUT2D eigenvalue weighted by Crippen LogP contribution is 2.29. The molecule has 0 bridgehead atoms. The summed E-state index contributed by atoms with van der Waals surface area (Å²) in [5.41, 5.74) is 10.1. The Morgan fingerprint density at radius 2 is 2.21 bits per heavy atom. The van der Waals surface area contributed by atoms with E-state index in [1.165, 1.54) is 16.7 Å². The lowest BCUT2D eigenvalue weighted by atomic mass is 9.92. The van der Waals surface area contributed by atoms with Crippen molar-refractivity contribution in [1.82, 2.24) is 14.7 Å². The van der Waals surface area contributed by atoms with Crippen molar-refractivity contribution in [2.24, 2.45) is 12.8 Å². The first-order valence-corrected chi connectivity index (χ1v) is 6.77. The van der Waals surface area contributed by atoms with Crippen LogP contribution in [0.5, 0.6) is 0 Å². The minimum Gasteiger partial charge on any atom is -0.329 e. The Labute approximate surface area is 113 Å². The molecule has 100 valence electrons. The fourth-order valence-corrected chi connectivity index (χ4v) is 2.96. The van der Waals surface area contributed by atoms with Gasteiger partial charge in [-0.3, -0.25) is 9.58 Å². The first-order chi connectivity index (χ1) is 9.28. The van der Waals surface area contributed by atoms with Crippen molar-refractivity contribution in [3.63, 3.8) is 0 Å². The third kappa shape index (κ3) is 2.41. The summed E-state index contributed by atoms with van der Waals surface area (Å²) in [7, 11) is 1.95. The van der Waals surface area contributed by atoms with Gasteiger partial charge in [0.25, 0.3) is 0 Å². The number of benzene rings is 1. The van der Waals surface area contributed by atoms with Crippen molar-refractivity contribution in [2.75, 3.05) is 13.1 Å². The van der Waals surface area contributed by atoms with E-state index in [0.29, 0.717) is 12.6 Å². The Kier molecular flexibility index (Phi) is 3.36. The van der Waals surface area contributed by atoms with Crippen LogP contribution in [-0.4, -0.2) is 27.8 Å². The molecule has 0 saturated heterocycles. The van der Waals surface area contributed by atoms with Crippen LogP contribution in [0, 0.1) is 0 Å². The molecule has 1 aliphatic heterocycles. The van der Waals surface area contributed by atoms with E-state index < -0.39 is 0 Å². The Bertz CT molecular complexity index is 561. The van der Waals surface area contributed by atoms with E-state index in [9.17, 15) is 0 Å². The lowest BCUT2D eigenvalue weighted by Gasteiger charge is -2.36. The van der Waals surface area contributed by atoms with E-state index in [4.69, 9.17) is 5.73 Å². The number of hydrogen-bond donors (Lipinski definition) is 1. The summed E-state index contributed by atoms with van der Waals surface area (Å²) in [6.45, 7) is 2.65. The molecule has 4 nitrogen and oxygen atoms in total. The second kappa shape index (κ2) is 5.15. The summed E-state index contributed by atoms with van der Waals surface area (Å²) < 4.78 is 1.85. The zero-order valence-corrected chi connectivity index (χ0v) is 11.3. The van der Waals surface area contributed by atoms with Gasteiger partial charge in [0, 0.05) is 44.5 Å². The maximum Gasteiger partial charge on any atom is 0.0534 e. The van der Waals surface area contributed by atoms with Gasteiger partial charge < -0.3 is 5.73 Å². The summed E-state index contributed by atoms with van der Waals surface area (Å²) >= 11 is 0. The number of aryl methyl sites for hydroxylation is 1. The van der Waals surface area contributed by atoms with E-state index in [0.717, 1.165) is 19.5 Å². The highest BCUT2D eigenvalue weighted by Gasteiger charge is 2.25. The van der Waals surface area contributed by atoms with Gasteiger partial charge in [-0.1, -0.05) is 24.3 Å². The molecule has 1 unspecified atom stereocenters. The molecule has 0 saturated carbocycles. The molecule has 0 amide bonds. The van der Waals surface area contributed by atoms with Crippen molar-refractivity contribution in [3.8, 4) is 0 Å². The lowest BCUT2D eigenvalue weighted by molar-refractivity contribution is 0.181. The molecular formula is C15H20N4. The summed E-state index contributed by atoms with van der Waals surface area (Å²) in [5.74, 6) is 0. The van der Waals surface area contributed by atoms with Gasteiger partial charge in [-0.05, 0) is 17.5 Å². The average molecular weight is 256 g/mol. The van der Waals surface area contributed by atoms with E-state index in [1.54, 1.807) is 0 Å². The molecule has 0 radical (unpaired) electrons. The molecule has 4 heteroatoms. The topological polar surface area (TPSA) is 47.1 Å². The summed E-state index contributed by atoms with van der Waals surface area (Å²) in [6, 6.07) is 8.98. The smallest absolute Gasteiger partial charge is 0.0534 e. The van der Waals surface area contributed by atoms with Gasteiger partial charge in [-0.15, -0.1) is 0 Å². The van der Waals surface area contributed by atoms with Crippen molar-refractivity contribution >= 4 is 0 Å². The van der Waals surface area contributed by atoms with E-state index in [1.807, 2.05) is 17.9 Å². The SMILES string of the molecule is Cn1cc(CN2CCc3ccccc3C2CN)cn1. The molecule has 0 fully saturated rings.